The van der Waals surface area contributed by atoms with E-state index >= 15 is 0 Å². The van der Waals surface area contributed by atoms with Crippen LogP contribution in [0.4, 0.5) is 4.39 Å². The summed E-state index contributed by atoms with van der Waals surface area (Å²) < 4.78 is 39.1. The van der Waals surface area contributed by atoms with E-state index in [2.05, 4.69) is 12.6 Å². The van der Waals surface area contributed by atoms with E-state index in [9.17, 15) is 17.6 Å². The van der Waals surface area contributed by atoms with E-state index in [-0.39, 0.29) is 29.6 Å². The second-order valence-electron chi connectivity index (χ2n) is 4.40. The van der Waals surface area contributed by atoms with Gasteiger partial charge in [0.15, 0.2) is 0 Å². The summed E-state index contributed by atoms with van der Waals surface area (Å²) >= 11 is 3.91. The second-order valence-corrected chi connectivity index (χ2v) is 6.65. The third-order valence-corrected chi connectivity index (χ3v) is 5.33. The average Bonchev–Trinajstić information content (AvgIpc) is 2.46. The zero-order valence-electron chi connectivity index (χ0n) is 10.7. The van der Waals surface area contributed by atoms with Crippen molar-refractivity contribution in [2.45, 2.75) is 4.90 Å². The fourth-order valence-corrected chi connectivity index (χ4v) is 3.71. The normalized spacial score (nSPS) is 17.2. The molecule has 1 aromatic rings. The first-order valence-electron chi connectivity index (χ1n) is 6.09. The number of benzene rings is 1. The molecular formula is C12H15FN2O3S2. The van der Waals surface area contributed by atoms with Crippen molar-refractivity contribution in [2.75, 3.05) is 31.9 Å². The molecule has 0 spiro atoms. The first-order chi connectivity index (χ1) is 9.45. The van der Waals surface area contributed by atoms with Gasteiger partial charge in [-0.15, -0.1) is 0 Å². The Kier molecular flexibility index (Phi) is 4.66. The first kappa shape index (κ1) is 15.3. The van der Waals surface area contributed by atoms with E-state index in [0.29, 0.717) is 13.1 Å². The van der Waals surface area contributed by atoms with Gasteiger partial charge in [-0.05, 0) is 18.2 Å². The van der Waals surface area contributed by atoms with Gasteiger partial charge in [0.25, 0.3) is 0 Å². The average molecular weight is 318 g/mol. The van der Waals surface area contributed by atoms with Gasteiger partial charge in [0.1, 0.15) is 5.82 Å². The lowest BCUT2D eigenvalue weighted by atomic mass is 10.3. The molecule has 1 aliphatic rings. The number of amides is 1. The van der Waals surface area contributed by atoms with Gasteiger partial charge in [0, 0.05) is 26.2 Å². The van der Waals surface area contributed by atoms with Gasteiger partial charge in [0.05, 0.1) is 10.6 Å². The summed E-state index contributed by atoms with van der Waals surface area (Å²) in [6, 6.07) is 4.93. The van der Waals surface area contributed by atoms with Crippen LogP contribution in [0, 0.1) is 5.82 Å². The predicted octanol–water partition coefficient (Wildman–Crippen LogP) is 0.588. The van der Waals surface area contributed by atoms with E-state index in [4.69, 9.17) is 0 Å². The van der Waals surface area contributed by atoms with Crippen LogP contribution < -0.4 is 0 Å². The summed E-state index contributed by atoms with van der Waals surface area (Å²) in [5.41, 5.74) is 0. The molecule has 0 aliphatic carbocycles. The molecule has 0 radical (unpaired) electrons. The highest BCUT2D eigenvalue weighted by molar-refractivity contribution is 7.89. The minimum atomic E-state index is -3.70. The van der Waals surface area contributed by atoms with Gasteiger partial charge in [-0.1, -0.05) is 6.07 Å². The fraction of sp³-hybridized carbons (Fsp3) is 0.417. The number of carbonyl (C=O) groups is 1. The summed E-state index contributed by atoms with van der Waals surface area (Å²) in [6.07, 6.45) is 0. The van der Waals surface area contributed by atoms with E-state index < -0.39 is 15.8 Å². The molecule has 1 saturated heterocycles. The topological polar surface area (TPSA) is 57.7 Å². The van der Waals surface area contributed by atoms with E-state index in [1.807, 2.05) is 0 Å². The van der Waals surface area contributed by atoms with Crippen LogP contribution in [-0.4, -0.2) is 55.5 Å². The molecule has 1 amide bonds. The lowest BCUT2D eigenvalue weighted by Crippen LogP contribution is -2.50. The Labute approximate surface area is 122 Å². The summed E-state index contributed by atoms with van der Waals surface area (Å²) in [7, 11) is -3.70. The molecule has 0 saturated carbocycles. The number of thiol groups is 1. The molecule has 20 heavy (non-hydrogen) atoms. The molecular weight excluding hydrogens is 303 g/mol. The second kappa shape index (κ2) is 6.11. The first-order valence-corrected chi connectivity index (χ1v) is 8.17. The quantitative estimate of drug-likeness (QED) is 0.830. The lowest BCUT2D eigenvalue weighted by molar-refractivity contribution is -0.129. The third-order valence-electron chi connectivity index (χ3n) is 3.16. The SMILES string of the molecule is O=C(CS)N1CCN(S(=O)(=O)c2cccc(F)c2)CC1. The van der Waals surface area contributed by atoms with Crippen LogP contribution in [0.5, 0.6) is 0 Å². The largest absolute Gasteiger partial charge is 0.339 e. The van der Waals surface area contributed by atoms with Crippen molar-refractivity contribution >= 4 is 28.6 Å². The Morgan fingerprint density at radius 2 is 1.90 bits per heavy atom. The maximum Gasteiger partial charge on any atom is 0.243 e. The summed E-state index contributed by atoms with van der Waals surface area (Å²) in [6.45, 7) is 1.07. The molecule has 1 heterocycles. The maximum absolute atomic E-state index is 13.1. The molecule has 2 rings (SSSR count). The van der Waals surface area contributed by atoms with Crippen molar-refractivity contribution < 1.29 is 17.6 Å². The molecule has 0 aromatic heterocycles. The summed E-state index contributed by atoms with van der Waals surface area (Å²) in [5.74, 6) is -0.595. The van der Waals surface area contributed by atoms with Crippen LogP contribution in [0.15, 0.2) is 29.2 Å². The van der Waals surface area contributed by atoms with Crippen LogP contribution in [0.3, 0.4) is 0 Å². The van der Waals surface area contributed by atoms with Crippen molar-refractivity contribution in [1.82, 2.24) is 9.21 Å². The number of piperazine rings is 1. The number of halogens is 1. The summed E-state index contributed by atoms with van der Waals surface area (Å²) in [5, 5.41) is 0. The smallest absolute Gasteiger partial charge is 0.243 e. The number of nitrogens with zero attached hydrogens (tertiary/aromatic N) is 2. The van der Waals surface area contributed by atoms with Crippen LogP contribution in [0.25, 0.3) is 0 Å². The molecule has 8 heteroatoms. The summed E-state index contributed by atoms with van der Waals surface area (Å²) in [4.78, 5) is 13.0. The van der Waals surface area contributed by atoms with Gasteiger partial charge in [-0.2, -0.15) is 16.9 Å². The van der Waals surface area contributed by atoms with Crippen molar-refractivity contribution in [3.63, 3.8) is 0 Å². The van der Waals surface area contributed by atoms with Crippen LogP contribution in [0.1, 0.15) is 0 Å². The molecule has 0 atom stereocenters. The monoisotopic (exact) mass is 318 g/mol. The van der Waals surface area contributed by atoms with Gasteiger partial charge >= 0.3 is 0 Å². The van der Waals surface area contributed by atoms with Gasteiger partial charge in [-0.3, -0.25) is 4.79 Å². The highest BCUT2D eigenvalue weighted by Crippen LogP contribution is 2.18. The molecule has 0 bridgehead atoms. The Morgan fingerprint density at radius 3 is 2.45 bits per heavy atom. The molecule has 1 aromatic carbocycles. The van der Waals surface area contributed by atoms with E-state index in [1.165, 1.54) is 22.5 Å². The molecule has 0 N–H and O–H groups in total. The zero-order chi connectivity index (χ0) is 14.8. The van der Waals surface area contributed by atoms with Gasteiger partial charge < -0.3 is 4.90 Å². The highest BCUT2D eigenvalue weighted by atomic mass is 32.2. The lowest BCUT2D eigenvalue weighted by Gasteiger charge is -2.33. The Bertz CT molecular complexity index is 598. The molecule has 1 aliphatic heterocycles. The van der Waals surface area contributed by atoms with Gasteiger partial charge in [-0.25, -0.2) is 12.8 Å². The number of sulfonamides is 1. The zero-order valence-corrected chi connectivity index (χ0v) is 12.4. The number of hydrogen-bond donors (Lipinski definition) is 1. The Hall–Kier alpha value is -1.12. The predicted molar refractivity (Wildman–Crippen MR) is 75.6 cm³/mol. The Morgan fingerprint density at radius 1 is 1.25 bits per heavy atom. The Balaban J connectivity index is 2.11. The van der Waals surface area contributed by atoms with E-state index in [1.54, 1.807) is 4.90 Å². The minimum Gasteiger partial charge on any atom is -0.339 e. The third kappa shape index (κ3) is 3.13. The van der Waals surface area contributed by atoms with Crippen molar-refractivity contribution in [1.29, 1.82) is 0 Å². The number of rotatable bonds is 3. The van der Waals surface area contributed by atoms with Gasteiger partial charge in [0.2, 0.25) is 15.9 Å². The fourth-order valence-electron chi connectivity index (χ4n) is 2.05. The van der Waals surface area contributed by atoms with Crippen molar-refractivity contribution in [3.8, 4) is 0 Å². The minimum absolute atomic E-state index is 0.0635. The molecule has 0 unspecified atom stereocenters. The number of hydrogen-bond acceptors (Lipinski definition) is 4. The molecule has 5 nitrogen and oxygen atoms in total. The van der Waals surface area contributed by atoms with Crippen molar-refractivity contribution in [2.24, 2.45) is 0 Å². The number of carbonyl (C=O) groups excluding carboxylic acids is 1. The van der Waals surface area contributed by atoms with Crippen LogP contribution in [0.2, 0.25) is 0 Å². The van der Waals surface area contributed by atoms with Crippen molar-refractivity contribution in [3.05, 3.63) is 30.1 Å². The van der Waals surface area contributed by atoms with Crippen LogP contribution in [-0.2, 0) is 14.8 Å². The van der Waals surface area contributed by atoms with Crippen LogP contribution >= 0.6 is 12.6 Å². The molecule has 1 fully saturated rings. The highest BCUT2D eigenvalue weighted by Gasteiger charge is 2.29. The maximum atomic E-state index is 13.1. The molecule has 110 valence electrons. The van der Waals surface area contributed by atoms with E-state index in [0.717, 1.165) is 6.07 Å². The standard InChI is InChI=1S/C12H15FN2O3S2/c13-10-2-1-3-11(8-10)20(17,18)15-6-4-14(5-7-15)12(16)9-19/h1-3,8,19H,4-7,9H2.